The topological polar surface area (TPSA) is 0 Å². The Balaban J connectivity index is 3.34. The minimum Gasteiger partial charge on any atom is -0.206 e. The van der Waals surface area contributed by atoms with Gasteiger partial charge < -0.3 is 0 Å². The first-order valence-corrected chi connectivity index (χ1v) is 3.21. The van der Waals surface area contributed by atoms with E-state index in [9.17, 15) is 4.39 Å². The smallest absolute Gasteiger partial charge is 0.135 e. The average Bonchev–Trinajstić information content (AvgIpc) is 1.93. The highest BCUT2D eigenvalue weighted by Crippen LogP contribution is 2.15. The summed E-state index contributed by atoms with van der Waals surface area (Å²) in [6.07, 6.45) is 0. The van der Waals surface area contributed by atoms with E-state index in [-0.39, 0.29) is 10.5 Å². The van der Waals surface area contributed by atoms with Crippen molar-refractivity contribution in [3.05, 3.63) is 28.5 Å². The first kappa shape index (κ1) is 7.61. The fourth-order valence-corrected chi connectivity index (χ4v) is 0.833. The lowest BCUT2D eigenvalue weighted by atomic mass is 9.94. The van der Waals surface area contributed by atoms with Crippen molar-refractivity contribution >= 4 is 24.9 Å². The van der Waals surface area contributed by atoms with Crippen molar-refractivity contribution in [1.29, 1.82) is 0 Å². The van der Waals surface area contributed by atoms with Gasteiger partial charge in [-0.3, -0.25) is 0 Å². The Morgan fingerprint density at radius 2 is 2.10 bits per heavy atom. The molecule has 0 aliphatic heterocycles. The summed E-state index contributed by atoms with van der Waals surface area (Å²) in [4.78, 5) is 0. The molecule has 10 heavy (non-hydrogen) atoms. The summed E-state index contributed by atoms with van der Waals surface area (Å²) in [5, 5.41) is 0.111. The zero-order valence-corrected chi connectivity index (χ0v) is 6.24. The van der Waals surface area contributed by atoms with Crippen LogP contribution in [-0.2, 0) is 0 Å². The molecule has 0 unspecified atom stereocenters. The molecule has 0 atom stereocenters. The minimum atomic E-state index is -0.526. The minimum absolute atomic E-state index is 0.0931. The van der Waals surface area contributed by atoms with Crippen molar-refractivity contribution < 1.29 is 4.39 Å². The van der Waals surface area contributed by atoms with Gasteiger partial charge in [-0.25, -0.2) is 4.39 Å². The summed E-state index contributed by atoms with van der Waals surface area (Å²) >= 11 is 5.53. The van der Waals surface area contributed by atoms with Crippen LogP contribution >= 0.6 is 11.6 Å². The first-order valence-electron chi connectivity index (χ1n) is 2.83. The van der Waals surface area contributed by atoms with E-state index in [1.54, 1.807) is 13.0 Å². The van der Waals surface area contributed by atoms with Crippen LogP contribution in [0.3, 0.4) is 0 Å². The first-order chi connectivity index (χ1) is 4.63. The van der Waals surface area contributed by atoms with Gasteiger partial charge in [-0.15, -0.1) is 0 Å². The van der Waals surface area contributed by atoms with Gasteiger partial charge in [0.2, 0.25) is 0 Å². The van der Waals surface area contributed by atoms with Crippen LogP contribution in [-0.4, -0.2) is 7.85 Å². The molecule has 0 spiro atoms. The molecule has 0 saturated carbocycles. The Labute approximate surface area is 65.4 Å². The van der Waals surface area contributed by atoms with Crippen LogP contribution in [0.5, 0.6) is 0 Å². The van der Waals surface area contributed by atoms with Gasteiger partial charge in [0.15, 0.2) is 0 Å². The summed E-state index contributed by atoms with van der Waals surface area (Å²) in [6.45, 7) is 1.73. The van der Waals surface area contributed by atoms with E-state index in [2.05, 4.69) is 0 Å². The summed E-state index contributed by atoms with van der Waals surface area (Å²) < 4.78 is 12.7. The van der Waals surface area contributed by atoms with Crippen LogP contribution in [0, 0.1) is 12.7 Å². The van der Waals surface area contributed by atoms with Crippen molar-refractivity contribution in [3.63, 3.8) is 0 Å². The molecule has 2 radical (unpaired) electrons. The Hall–Kier alpha value is -0.495. The lowest BCUT2D eigenvalue weighted by molar-refractivity contribution is 0.635. The molecule has 1 aromatic rings. The predicted octanol–water partition coefficient (Wildman–Crippen LogP) is 1.58. The largest absolute Gasteiger partial charge is 0.206 e. The van der Waals surface area contributed by atoms with E-state index < -0.39 is 5.82 Å². The van der Waals surface area contributed by atoms with Crippen LogP contribution in [0.25, 0.3) is 0 Å². The van der Waals surface area contributed by atoms with Crippen LogP contribution in [0.2, 0.25) is 5.02 Å². The lowest BCUT2D eigenvalue weighted by Gasteiger charge is -2.00. The maximum absolute atomic E-state index is 12.7. The normalized spacial score (nSPS) is 9.90. The highest BCUT2D eigenvalue weighted by molar-refractivity contribution is 6.36. The SMILES string of the molecule is [B]c1ccc(C)c(Cl)c1F. The fourth-order valence-electron chi connectivity index (χ4n) is 0.661. The van der Waals surface area contributed by atoms with Crippen molar-refractivity contribution in [2.75, 3.05) is 0 Å². The van der Waals surface area contributed by atoms with Crippen LogP contribution < -0.4 is 5.46 Å². The van der Waals surface area contributed by atoms with Gasteiger partial charge in [0, 0.05) is 0 Å². The van der Waals surface area contributed by atoms with E-state index in [0.717, 1.165) is 0 Å². The van der Waals surface area contributed by atoms with E-state index >= 15 is 0 Å². The molecule has 1 aromatic carbocycles. The van der Waals surface area contributed by atoms with Gasteiger partial charge in [-0.05, 0) is 12.5 Å². The Bertz CT molecular complexity index is 233. The van der Waals surface area contributed by atoms with E-state index in [1.165, 1.54) is 6.07 Å². The van der Waals surface area contributed by atoms with Crippen molar-refractivity contribution in [3.8, 4) is 0 Å². The Morgan fingerprint density at radius 3 is 2.60 bits per heavy atom. The number of aryl methyl sites for hydroxylation is 1. The molecular weight excluding hydrogens is 149 g/mol. The molecule has 3 heteroatoms. The number of hydrogen-bond acceptors (Lipinski definition) is 0. The van der Waals surface area contributed by atoms with Crippen LogP contribution in [0.1, 0.15) is 5.56 Å². The van der Waals surface area contributed by atoms with E-state index in [4.69, 9.17) is 19.4 Å². The van der Waals surface area contributed by atoms with Crippen LogP contribution in [0.4, 0.5) is 4.39 Å². The number of hydrogen-bond donors (Lipinski definition) is 0. The van der Waals surface area contributed by atoms with Gasteiger partial charge in [-0.1, -0.05) is 29.2 Å². The molecule has 0 amide bonds. The standard InChI is InChI=1S/C7H5BClF/c1-4-2-3-5(8)7(10)6(4)9/h2-3H,1H3. The highest BCUT2D eigenvalue weighted by atomic mass is 35.5. The molecule has 0 aromatic heterocycles. The van der Waals surface area contributed by atoms with Gasteiger partial charge in [0.1, 0.15) is 13.7 Å². The van der Waals surface area contributed by atoms with Gasteiger partial charge >= 0.3 is 0 Å². The molecule has 0 saturated heterocycles. The summed E-state index contributed by atoms with van der Waals surface area (Å²) in [6, 6.07) is 3.18. The average molecular weight is 154 g/mol. The summed E-state index contributed by atoms with van der Waals surface area (Å²) in [5.41, 5.74) is 0.795. The molecule has 1 rings (SSSR count). The predicted molar refractivity (Wildman–Crippen MR) is 41.5 cm³/mol. The van der Waals surface area contributed by atoms with Gasteiger partial charge in [-0.2, -0.15) is 0 Å². The zero-order valence-electron chi connectivity index (χ0n) is 5.49. The third-order valence-corrected chi connectivity index (χ3v) is 1.77. The molecule has 0 N–H and O–H groups in total. The van der Waals surface area contributed by atoms with E-state index in [1.807, 2.05) is 0 Å². The molecule has 0 nitrogen and oxygen atoms in total. The van der Waals surface area contributed by atoms with Crippen molar-refractivity contribution in [2.45, 2.75) is 6.92 Å². The maximum atomic E-state index is 12.7. The number of rotatable bonds is 0. The third-order valence-electron chi connectivity index (χ3n) is 1.31. The van der Waals surface area contributed by atoms with E-state index in [0.29, 0.717) is 5.56 Å². The second kappa shape index (κ2) is 2.63. The molecule has 50 valence electrons. The summed E-state index contributed by atoms with van der Waals surface area (Å²) in [7, 11) is 5.23. The fraction of sp³-hybridized carbons (Fsp3) is 0.143. The quantitative estimate of drug-likeness (QED) is 0.498. The number of benzene rings is 1. The Morgan fingerprint density at radius 1 is 1.50 bits per heavy atom. The number of halogens is 2. The van der Waals surface area contributed by atoms with Crippen LogP contribution in [0.15, 0.2) is 12.1 Å². The molecule has 0 aliphatic carbocycles. The zero-order chi connectivity index (χ0) is 7.72. The monoisotopic (exact) mass is 154 g/mol. The summed E-state index contributed by atoms with van der Waals surface area (Å²) in [5.74, 6) is -0.526. The second-order valence-corrected chi connectivity index (χ2v) is 2.48. The molecular formula is C7H5BClF. The van der Waals surface area contributed by atoms with Gasteiger partial charge in [0.25, 0.3) is 0 Å². The molecule has 0 bridgehead atoms. The van der Waals surface area contributed by atoms with Gasteiger partial charge in [0.05, 0.1) is 5.02 Å². The molecule has 0 aliphatic rings. The highest BCUT2D eigenvalue weighted by Gasteiger charge is 2.03. The third kappa shape index (κ3) is 1.17. The Kier molecular flexibility index (Phi) is 2.00. The van der Waals surface area contributed by atoms with Crippen molar-refractivity contribution in [2.24, 2.45) is 0 Å². The molecule has 0 fully saturated rings. The molecule has 0 heterocycles. The van der Waals surface area contributed by atoms with Crippen molar-refractivity contribution in [1.82, 2.24) is 0 Å². The maximum Gasteiger partial charge on any atom is 0.135 e. The second-order valence-electron chi connectivity index (χ2n) is 2.10. The lowest BCUT2D eigenvalue weighted by Crippen LogP contribution is -2.08.